The first-order valence-electron chi connectivity index (χ1n) is 8.33. The molecule has 6 heteroatoms. The molecule has 3 aromatic rings. The zero-order valence-corrected chi connectivity index (χ0v) is 14.6. The van der Waals surface area contributed by atoms with Gasteiger partial charge in [0.05, 0.1) is 12.7 Å². The molecule has 6 nitrogen and oxygen atoms in total. The fourth-order valence-corrected chi connectivity index (χ4v) is 2.99. The number of benzene rings is 3. The van der Waals surface area contributed by atoms with Crippen LogP contribution in [0, 0.1) is 0 Å². The summed E-state index contributed by atoms with van der Waals surface area (Å²) in [5.74, 6) is 0.877. The summed E-state index contributed by atoms with van der Waals surface area (Å²) in [6.45, 7) is -0.231. The Bertz CT molecular complexity index is 1040. The average Bonchev–Trinajstić information content (AvgIpc) is 3.18. The topological polar surface area (TPSA) is 71.1 Å². The van der Waals surface area contributed by atoms with Crippen LogP contribution in [-0.4, -0.2) is 32.3 Å². The quantitative estimate of drug-likeness (QED) is 0.509. The lowest BCUT2D eigenvalue weighted by Gasteiger charge is -2.10. The van der Waals surface area contributed by atoms with Crippen LogP contribution in [0.1, 0.15) is 20.7 Å². The summed E-state index contributed by atoms with van der Waals surface area (Å²) < 4.78 is 21.1. The zero-order valence-electron chi connectivity index (χ0n) is 14.6. The number of ketones is 1. The summed E-state index contributed by atoms with van der Waals surface area (Å²) in [6.07, 6.45) is 0. The monoisotopic (exact) mass is 364 g/mol. The van der Waals surface area contributed by atoms with Gasteiger partial charge in [0.2, 0.25) is 6.79 Å². The number of hydrogen-bond donors (Lipinski definition) is 0. The van der Waals surface area contributed by atoms with Crippen LogP contribution in [0.4, 0.5) is 0 Å². The molecule has 0 saturated carbocycles. The van der Waals surface area contributed by atoms with Crippen LogP contribution in [0.5, 0.6) is 17.2 Å². The Kier molecular flexibility index (Phi) is 4.38. The molecule has 0 spiro atoms. The molecule has 0 radical (unpaired) electrons. The van der Waals surface area contributed by atoms with Crippen molar-refractivity contribution in [2.24, 2.45) is 0 Å². The Morgan fingerprint density at radius 1 is 0.963 bits per heavy atom. The number of Topliss-reactive ketones (excluding diaryl/α,β-unsaturated/α-hetero) is 1. The second-order valence-electron chi connectivity index (χ2n) is 5.93. The Morgan fingerprint density at radius 3 is 2.56 bits per heavy atom. The maximum Gasteiger partial charge on any atom is 0.339 e. The van der Waals surface area contributed by atoms with Crippen molar-refractivity contribution in [2.75, 3.05) is 20.5 Å². The van der Waals surface area contributed by atoms with Gasteiger partial charge in [0.15, 0.2) is 23.9 Å². The maximum absolute atomic E-state index is 12.5. The SMILES string of the molecule is COc1ccc(C(=O)OCC(=O)c2ccc3c(c2)OCO3)c2ccccc12. The predicted molar refractivity (Wildman–Crippen MR) is 97.7 cm³/mol. The first kappa shape index (κ1) is 16.9. The first-order chi connectivity index (χ1) is 13.2. The van der Waals surface area contributed by atoms with Crippen molar-refractivity contribution >= 4 is 22.5 Å². The van der Waals surface area contributed by atoms with Crippen LogP contribution in [0.3, 0.4) is 0 Å². The molecule has 0 unspecified atom stereocenters. The molecule has 0 aromatic heterocycles. The molecule has 136 valence electrons. The minimum absolute atomic E-state index is 0.131. The molecule has 0 bridgehead atoms. The number of carbonyl (C=O) groups excluding carboxylic acids is 2. The second-order valence-corrected chi connectivity index (χ2v) is 5.93. The number of methoxy groups -OCH3 is 1. The van der Waals surface area contributed by atoms with Gasteiger partial charge in [-0.2, -0.15) is 0 Å². The summed E-state index contributed by atoms with van der Waals surface area (Å²) >= 11 is 0. The highest BCUT2D eigenvalue weighted by Gasteiger charge is 2.19. The molecule has 0 atom stereocenters. The summed E-state index contributed by atoms with van der Waals surface area (Å²) in [5, 5.41) is 1.51. The smallest absolute Gasteiger partial charge is 0.339 e. The summed E-state index contributed by atoms with van der Waals surface area (Å²) in [4.78, 5) is 24.9. The highest BCUT2D eigenvalue weighted by atomic mass is 16.7. The van der Waals surface area contributed by atoms with Gasteiger partial charge in [0, 0.05) is 10.9 Å². The first-order valence-corrected chi connectivity index (χ1v) is 8.33. The normalized spacial score (nSPS) is 12.0. The fourth-order valence-electron chi connectivity index (χ4n) is 2.99. The summed E-state index contributed by atoms with van der Waals surface area (Å²) in [6, 6.07) is 15.6. The van der Waals surface area contributed by atoms with Gasteiger partial charge in [0.25, 0.3) is 0 Å². The van der Waals surface area contributed by atoms with E-state index in [1.807, 2.05) is 24.3 Å². The van der Waals surface area contributed by atoms with Crippen LogP contribution in [-0.2, 0) is 4.74 Å². The number of fused-ring (bicyclic) bond motifs is 2. The molecule has 3 aromatic carbocycles. The van der Waals surface area contributed by atoms with Crippen molar-refractivity contribution in [2.45, 2.75) is 0 Å². The van der Waals surface area contributed by atoms with Crippen molar-refractivity contribution in [3.8, 4) is 17.2 Å². The van der Waals surface area contributed by atoms with Gasteiger partial charge in [-0.05, 0) is 35.7 Å². The molecular formula is C21H16O6. The number of rotatable bonds is 5. The van der Waals surface area contributed by atoms with Gasteiger partial charge in [-0.25, -0.2) is 4.79 Å². The lowest BCUT2D eigenvalue weighted by molar-refractivity contribution is 0.0476. The van der Waals surface area contributed by atoms with Crippen LogP contribution in [0.25, 0.3) is 10.8 Å². The highest BCUT2D eigenvalue weighted by molar-refractivity contribution is 6.07. The van der Waals surface area contributed by atoms with E-state index in [1.165, 1.54) is 0 Å². The van der Waals surface area contributed by atoms with Gasteiger partial charge in [-0.3, -0.25) is 4.79 Å². The molecule has 27 heavy (non-hydrogen) atoms. The van der Waals surface area contributed by atoms with E-state index >= 15 is 0 Å². The predicted octanol–water partition coefficient (Wildman–Crippen LogP) is 3.62. The fraction of sp³-hybridized carbons (Fsp3) is 0.143. The standard InChI is InChI=1S/C21H16O6/c1-24-18-9-7-16(14-4-2-3-5-15(14)18)21(23)25-11-17(22)13-6-8-19-20(10-13)27-12-26-19/h2-10H,11-12H2,1H3. The number of carbonyl (C=O) groups is 2. The van der Waals surface area contributed by atoms with Crippen LogP contribution >= 0.6 is 0 Å². The van der Waals surface area contributed by atoms with Crippen LogP contribution in [0.15, 0.2) is 54.6 Å². The van der Waals surface area contributed by atoms with Crippen molar-refractivity contribution in [3.05, 3.63) is 65.7 Å². The molecule has 0 aliphatic carbocycles. The maximum atomic E-state index is 12.5. The summed E-state index contributed by atoms with van der Waals surface area (Å²) in [5.41, 5.74) is 0.775. The molecule has 0 saturated heterocycles. The van der Waals surface area contributed by atoms with Crippen molar-refractivity contribution in [1.29, 1.82) is 0 Å². The van der Waals surface area contributed by atoms with E-state index < -0.39 is 5.97 Å². The van der Waals surface area contributed by atoms with Gasteiger partial charge >= 0.3 is 5.97 Å². The number of ether oxygens (including phenoxy) is 4. The van der Waals surface area contributed by atoms with E-state index in [4.69, 9.17) is 18.9 Å². The molecule has 0 amide bonds. The number of hydrogen-bond acceptors (Lipinski definition) is 6. The minimum atomic E-state index is -0.567. The van der Waals surface area contributed by atoms with Crippen molar-refractivity contribution in [3.63, 3.8) is 0 Å². The summed E-state index contributed by atoms with van der Waals surface area (Å²) in [7, 11) is 1.57. The third-order valence-corrected chi connectivity index (χ3v) is 4.35. The Balaban J connectivity index is 1.51. The lowest BCUT2D eigenvalue weighted by Crippen LogP contribution is -2.14. The largest absolute Gasteiger partial charge is 0.496 e. The number of esters is 1. The molecule has 1 aliphatic heterocycles. The minimum Gasteiger partial charge on any atom is -0.496 e. The van der Waals surface area contributed by atoms with E-state index in [1.54, 1.807) is 37.4 Å². The highest BCUT2D eigenvalue weighted by Crippen LogP contribution is 2.33. The van der Waals surface area contributed by atoms with Gasteiger partial charge < -0.3 is 18.9 Å². The van der Waals surface area contributed by atoms with Crippen molar-refractivity contribution < 1.29 is 28.5 Å². The third-order valence-electron chi connectivity index (χ3n) is 4.35. The van der Waals surface area contributed by atoms with E-state index in [-0.39, 0.29) is 19.2 Å². The second kappa shape index (κ2) is 6.99. The Labute approximate surface area is 155 Å². The van der Waals surface area contributed by atoms with E-state index in [2.05, 4.69) is 0 Å². The molecular weight excluding hydrogens is 348 g/mol. The van der Waals surface area contributed by atoms with Crippen LogP contribution in [0.2, 0.25) is 0 Å². The third kappa shape index (κ3) is 3.17. The van der Waals surface area contributed by atoms with E-state index in [9.17, 15) is 9.59 Å². The van der Waals surface area contributed by atoms with Gasteiger partial charge in [0.1, 0.15) is 5.75 Å². The Morgan fingerprint density at radius 2 is 1.74 bits per heavy atom. The average molecular weight is 364 g/mol. The van der Waals surface area contributed by atoms with Crippen molar-refractivity contribution in [1.82, 2.24) is 0 Å². The lowest BCUT2D eigenvalue weighted by atomic mass is 10.0. The van der Waals surface area contributed by atoms with E-state index in [0.717, 1.165) is 5.39 Å². The van der Waals surface area contributed by atoms with E-state index in [0.29, 0.717) is 33.8 Å². The molecule has 0 fully saturated rings. The molecule has 1 aliphatic rings. The Hall–Kier alpha value is -3.54. The van der Waals surface area contributed by atoms with Crippen LogP contribution < -0.4 is 14.2 Å². The van der Waals surface area contributed by atoms with Gasteiger partial charge in [-0.15, -0.1) is 0 Å². The van der Waals surface area contributed by atoms with Gasteiger partial charge in [-0.1, -0.05) is 24.3 Å². The molecule has 4 rings (SSSR count). The zero-order chi connectivity index (χ0) is 18.8. The molecule has 0 N–H and O–H groups in total. The molecule has 1 heterocycles.